The van der Waals surface area contributed by atoms with Gasteiger partial charge in [0.1, 0.15) is 5.69 Å². The van der Waals surface area contributed by atoms with E-state index in [2.05, 4.69) is 25.6 Å². The second kappa shape index (κ2) is 7.44. The first-order valence-electron chi connectivity index (χ1n) is 7.33. The Labute approximate surface area is 150 Å². The Bertz CT molecular complexity index is 983. The molecule has 0 bridgehead atoms. The highest BCUT2D eigenvalue weighted by atomic mass is 32.1. The Hall–Kier alpha value is -3.08. The molecule has 0 spiro atoms. The van der Waals surface area contributed by atoms with Gasteiger partial charge in [-0.15, -0.1) is 10.2 Å². The molecule has 26 heavy (non-hydrogen) atoms. The molecule has 11 heteroatoms. The van der Waals surface area contributed by atoms with Gasteiger partial charge in [0.15, 0.2) is 0 Å². The molecule has 0 saturated carbocycles. The number of hydrogen-bond acceptors (Lipinski definition) is 5. The number of benzene rings is 1. The number of aromatic amines is 1. The van der Waals surface area contributed by atoms with E-state index in [1.807, 2.05) is 30.3 Å². The van der Waals surface area contributed by atoms with Gasteiger partial charge in [-0.1, -0.05) is 35.5 Å². The number of halogens is 3. The average molecular weight is 379 g/mol. The first-order valence-corrected chi connectivity index (χ1v) is 7.74. The Balaban J connectivity index is 1.67. The molecule has 1 aromatic carbocycles. The van der Waals surface area contributed by atoms with Gasteiger partial charge >= 0.3 is 6.18 Å². The third-order valence-electron chi connectivity index (χ3n) is 3.18. The van der Waals surface area contributed by atoms with Crippen LogP contribution in [0.1, 0.15) is 17.1 Å². The summed E-state index contributed by atoms with van der Waals surface area (Å²) in [4.78, 5) is 0. The highest BCUT2D eigenvalue weighted by Gasteiger charge is 2.37. The van der Waals surface area contributed by atoms with E-state index >= 15 is 0 Å². The SMILES string of the molecule is FC(F)(F)c1n[nH]c(=S)n1/N=C\C=C\c1cn(Cc2ccccc2)nn1. The summed E-state index contributed by atoms with van der Waals surface area (Å²) in [5.41, 5.74) is 1.61. The van der Waals surface area contributed by atoms with Crippen LogP contribution in [0.4, 0.5) is 13.2 Å². The number of H-pyrrole nitrogens is 1. The minimum atomic E-state index is -4.66. The van der Waals surface area contributed by atoms with Crippen molar-refractivity contribution in [2.24, 2.45) is 5.10 Å². The number of nitrogens with one attached hydrogen (secondary N) is 1. The van der Waals surface area contributed by atoms with Gasteiger partial charge in [-0.05, 0) is 29.9 Å². The van der Waals surface area contributed by atoms with Crippen molar-refractivity contribution < 1.29 is 13.2 Å². The lowest BCUT2D eigenvalue weighted by atomic mass is 10.2. The monoisotopic (exact) mass is 379 g/mol. The number of nitrogens with zero attached hydrogens (tertiary/aromatic N) is 6. The minimum Gasteiger partial charge on any atom is -0.250 e. The number of rotatable bonds is 5. The van der Waals surface area contributed by atoms with E-state index in [4.69, 9.17) is 12.2 Å². The fourth-order valence-electron chi connectivity index (χ4n) is 2.07. The van der Waals surface area contributed by atoms with Crippen LogP contribution in [0.5, 0.6) is 0 Å². The van der Waals surface area contributed by atoms with E-state index in [1.165, 1.54) is 6.08 Å². The van der Waals surface area contributed by atoms with Crippen molar-refractivity contribution in [1.82, 2.24) is 29.9 Å². The smallest absolute Gasteiger partial charge is 0.250 e. The van der Waals surface area contributed by atoms with Gasteiger partial charge in [0, 0.05) is 6.21 Å². The Morgan fingerprint density at radius 3 is 2.73 bits per heavy atom. The zero-order valence-corrected chi connectivity index (χ0v) is 13.9. The largest absolute Gasteiger partial charge is 0.453 e. The average Bonchev–Trinajstić information content (AvgIpc) is 3.19. The molecule has 0 unspecified atom stereocenters. The maximum atomic E-state index is 12.8. The standard InChI is InChI=1S/C15H12F3N7S/c16-15(17,18)13-21-22-14(26)25(13)19-8-4-7-12-10-24(23-20-12)9-11-5-2-1-3-6-11/h1-8,10H,9H2,(H,22,26)/b7-4+,19-8-. The van der Waals surface area contributed by atoms with Crippen molar-refractivity contribution >= 4 is 24.5 Å². The molecule has 2 aromatic heterocycles. The second-order valence-electron chi connectivity index (χ2n) is 5.11. The highest BCUT2D eigenvalue weighted by Crippen LogP contribution is 2.27. The van der Waals surface area contributed by atoms with Crippen molar-refractivity contribution in [3.05, 3.63) is 64.5 Å². The van der Waals surface area contributed by atoms with Crippen molar-refractivity contribution in [3.8, 4) is 0 Å². The van der Waals surface area contributed by atoms with E-state index < -0.39 is 12.0 Å². The molecule has 0 atom stereocenters. The van der Waals surface area contributed by atoms with Crippen LogP contribution < -0.4 is 0 Å². The fraction of sp³-hybridized carbons (Fsp3) is 0.133. The van der Waals surface area contributed by atoms with Gasteiger partial charge in [-0.3, -0.25) is 0 Å². The summed E-state index contributed by atoms with van der Waals surface area (Å²) < 4.78 is 40.2. The van der Waals surface area contributed by atoms with E-state index in [-0.39, 0.29) is 4.77 Å². The lowest BCUT2D eigenvalue weighted by molar-refractivity contribution is -0.147. The van der Waals surface area contributed by atoms with Gasteiger partial charge in [-0.2, -0.15) is 22.9 Å². The van der Waals surface area contributed by atoms with Crippen LogP contribution in [-0.4, -0.2) is 36.1 Å². The van der Waals surface area contributed by atoms with Crippen molar-refractivity contribution in [3.63, 3.8) is 0 Å². The van der Waals surface area contributed by atoms with Crippen LogP contribution in [0.2, 0.25) is 0 Å². The lowest BCUT2D eigenvalue weighted by Gasteiger charge is -2.03. The van der Waals surface area contributed by atoms with Crippen LogP contribution in [-0.2, 0) is 12.7 Å². The zero-order valence-electron chi connectivity index (χ0n) is 13.1. The summed E-state index contributed by atoms with van der Waals surface area (Å²) in [6.07, 6.45) is 1.22. The van der Waals surface area contributed by atoms with Crippen LogP contribution in [0.15, 0.2) is 47.7 Å². The molecule has 7 nitrogen and oxygen atoms in total. The second-order valence-corrected chi connectivity index (χ2v) is 5.50. The van der Waals surface area contributed by atoms with Crippen LogP contribution >= 0.6 is 12.2 Å². The number of aromatic nitrogens is 6. The number of allylic oxidation sites excluding steroid dienone is 1. The van der Waals surface area contributed by atoms with Gasteiger partial charge < -0.3 is 0 Å². The van der Waals surface area contributed by atoms with E-state index in [0.29, 0.717) is 16.9 Å². The molecular formula is C15H12F3N7S. The molecule has 0 saturated heterocycles. The molecule has 0 aliphatic carbocycles. The Morgan fingerprint density at radius 1 is 1.23 bits per heavy atom. The maximum Gasteiger partial charge on any atom is 0.453 e. The van der Waals surface area contributed by atoms with Gasteiger partial charge in [0.2, 0.25) is 4.77 Å². The van der Waals surface area contributed by atoms with Crippen molar-refractivity contribution in [1.29, 1.82) is 0 Å². The van der Waals surface area contributed by atoms with Crippen LogP contribution in [0.25, 0.3) is 6.08 Å². The molecule has 2 heterocycles. The quantitative estimate of drug-likeness (QED) is 0.546. The lowest BCUT2D eigenvalue weighted by Crippen LogP contribution is -2.12. The highest BCUT2D eigenvalue weighted by molar-refractivity contribution is 7.71. The Morgan fingerprint density at radius 2 is 2.00 bits per heavy atom. The summed E-state index contributed by atoms with van der Waals surface area (Å²) >= 11 is 4.73. The zero-order chi connectivity index (χ0) is 18.6. The minimum absolute atomic E-state index is 0.254. The molecule has 0 aliphatic heterocycles. The summed E-state index contributed by atoms with van der Waals surface area (Å²) in [6.45, 7) is 0.564. The molecule has 1 N–H and O–H groups in total. The predicted octanol–water partition coefficient (Wildman–Crippen LogP) is 3.15. The fourth-order valence-corrected chi connectivity index (χ4v) is 2.25. The normalized spacial score (nSPS) is 12.4. The van der Waals surface area contributed by atoms with E-state index in [9.17, 15) is 13.2 Å². The van der Waals surface area contributed by atoms with Crippen molar-refractivity contribution in [2.75, 3.05) is 0 Å². The molecular weight excluding hydrogens is 367 g/mol. The topological polar surface area (TPSA) is 76.7 Å². The molecule has 3 rings (SSSR count). The number of hydrogen-bond donors (Lipinski definition) is 1. The third kappa shape index (κ3) is 4.30. The van der Waals surface area contributed by atoms with Crippen LogP contribution in [0.3, 0.4) is 0 Å². The third-order valence-corrected chi connectivity index (χ3v) is 3.45. The van der Waals surface area contributed by atoms with Crippen molar-refractivity contribution in [2.45, 2.75) is 12.7 Å². The van der Waals surface area contributed by atoms with E-state index in [0.717, 1.165) is 11.8 Å². The predicted molar refractivity (Wildman–Crippen MR) is 90.9 cm³/mol. The van der Waals surface area contributed by atoms with Gasteiger partial charge in [0.25, 0.3) is 5.82 Å². The molecule has 0 radical (unpaired) electrons. The van der Waals surface area contributed by atoms with Gasteiger partial charge in [0.05, 0.1) is 12.7 Å². The summed E-state index contributed by atoms with van der Waals surface area (Å²) in [7, 11) is 0. The van der Waals surface area contributed by atoms with Crippen LogP contribution in [0, 0.1) is 4.77 Å². The van der Waals surface area contributed by atoms with E-state index in [1.54, 1.807) is 17.0 Å². The first kappa shape index (κ1) is 17.7. The first-order chi connectivity index (χ1) is 12.4. The summed E-state index contributed by atoms with van der Waals surface area (Å²) in [5.74, 6) is -1.22. The Kier molecular flexibility index (Phi) is 5.07. The summed E-state index contributed by atoms with van der Waals surface area (Å²) in [6, 6.07) is 9.72. The summed E-state index contributed by atoms with van der Waals surface area (Å²) in [5, 5.41) is 16.8. The molecule has 134 valence electrons. The number of alkyl halides is 3. The van der Waals surface area contributed by atoms with Gasteiger partial charge in [-0.25, -0.2) is 9.78 Å². The molecule has 0 fully saturated rings. The molecule has 3 aromatic rings. The maximum absolute atomic E-state index is 12.8. The molecule has 0 amide bonds. The molecule has 0 aliphatic rings.